The minimum atomic E-state index is 0.608. The predicted molar refractivity (Wildman–Crippen MR) is 47.2 cm³/mol. The van der Waals surface area contributed by atoms with Crippen molar-refractivity contribution in [2.24, 2.45) is 0 Å². The molecule has 0 atom stereocenters. The van der Waals surface area contributed by atoms with Gasteiger partial charge < -0.3 is 9.30 Å². The Morgan fingerprint density at radius 3 is 3.46 bits per heavy atom. The maximum Gasteiger partial charge on any atom is 0.160 e. The molecule has 4 nitrogen and oxygen atoms in total. The van der Waals surface area contributed by atoms with Gasteiger partial charge in [-0.25, -0.2) is 9.97 Å². The van der Waals surface area contributed by atoms with Crippen molar-refractivity contribution in [3.05, 3.63) is 24.2 Å². The summed E-state index contributed by atoms with van der Waals surface area (Å²) in [6.45, 7) is 2.23. The van der Waals surface area contributed by atoms with Gasteiger partial charge in [0, 0.05) is 12.7 Å². The molecule has 0 aromatic carbocycles. The van der Waals surface area contributed by atoms with E-state index in [2.05, 4.69) is 14.5 Å². The molecule has 2 aromatic rings. The zero-order valence-electron chi connectivity index (χ0n) is 7.10. The van der Waals surface area contributed by atoms with Crippen molar-refractivity contribution < 1.29 is 4.74 Å². The molecule has 0 radical (unpaired) electrons. The first kappa shape index (κ1) is 7.03. The largest absolute Gasteiger partial charge is 0.372 e. The number of hydrogen-bond acceptors (Lipinski definition) is 3. The molecule has 0 fully saturated rings. The topological polar surface area (TPSA) is 39.9 Å². The van der Waals surface area contributed by atoms with Crippen LogP contribution in [0.4, 0.5) is 0 Å². The standard InChI is InChI=1S/C9H9N3O/c1-2-7-9(10-3-1)12-4-5-13-6-8(12)11-7/h1-3H,4-6H2. The molecule has 0 N–H and O–H groups in total. The monoisotopic (exact) mass is 175 g/mol. The summed E-state index contributed by atoms with van der Waals surface area (Å²) in [6.07, 6.45) is 1.80. The molecule has 1 aliphatic rings. The highest BCUT2D eigenvalue weighted by Gasteiger charge is 2.14. The third-order valence-electron chi connectivity index (χ3n) is 2.27. The molecule has 0 saturated heterocycles. The number of pyridine rings is 1. The second kappa shape index (κ2) is 2.53. The summed E-state index contributed by atoms with van der Waals surface area (Å²) in [5, 5.41) is 0. The molecule has 3 rings (SSSR count). The Morgan fingerprint density at radius 1 is 1.46 bits per heavy atom. The molecule has 1 aliphatic heterocycles. The normalized spacial score (nSPS) is 16.0. The van der Waals surface area contributed by atoms with Crippen LogP contribution in [0.25, 0.3) is 11.2 Å². The Kier molecular flexibility index (Phi) is 1.37. The van der Waals surface area contributed by atoms with Crippen LogP contribution in [0.1, 0.15) is 5.82 Å². The number of aromatic nitrogens is 3. The van der Waals surface area contributed by atoms with Crippen molar-refractivity contribution in [2.75, 3.05) is 6.61 Å². The summed E-state index contributed by atoms with van der Waals surface area (Å²) >= 11 is 0. The third-order valence-corrected chi connectivity index (χ3v) is 2.27. The molecule has 0 amide bonds. The maximum absolute atomic E-state index is 5.31. The van der Waals surface area contributed by atoms with Crippen molar-refractivity contribution in [2.45, 2.75) is 13.2 Å². The fraction of sp³-hybridized carbons (Fsp3) is 0.333. The molecule has 0 spiro atoms. The Balaban J connectivity index is 2.34. The molecule has 13 heavy (non-hydrogen) atoms. The number of rotatable bonds is 0. The molecule has 4 heteroatoms. The van der Waals surface area contributed by atoms with Crippen LogP contribution in [0, 0.1) is 0 Å². The quantitative estimate of drug-likeness (QED) is 0.598. The van der Waals surface area contributed by atoms with Crippen LogP contribution in [-0.2, 0) is 17.9 Å². The van der Waals surface area contributed by atoms with E-state index >= 15 is 0 Å². The minimum absolute atomic E-state index is 0.608. The van der Waals surface area contributed by atoms with E-state index in [9.17, 15) is 0 Å². The SMILES string of the molecule is c1cnc2c(c1)nc1n2CCOC1. The Morgan fingerprint density at radius 2 is 2.46 bits per heavy atom. The molecule has 66 valence electrons. The average Bonchev–Trinajstić information content (AvgIpc) is 2.56. The van der Waals surface area contributed by atoms with E-state index in [1.165, 1.54) is 0 Å². The Labute approximate surface area is 75.2 Å². The van der Waals surface area contributed by atoms with Gasteiger partial charge in [-0.1, -0.05) is 0 Å². The van der Waals surface area contributed by atoms with Crippen LogP contribution in [-0.4, -0.2) is 21.1 Å². The first-order valence-corrected chi connectivity index (χ1v) is 4.33. The summed E-state index contributed by atoms with van der Waals surface area (Å²) in [6, 6.07) is 3.88. The summed E-state index contributed by atoms with van der Waals surface area (Å²) in [7, 11) is 0. The van der Waals surface area contributed by atoms with Gasteiger partial charge in [0.05, 0.1) is 6.61 Å². The van der Waals surface area contributed by atoms with Gasteiger partial charge in [-0.05, 0) is 12.1 Å². The number of ether oxygens (including phenoxy) is 1. The van der Waals surface area contributed by atoms with Crippen molar-refractivity contribution in [3.8, 4) is 0 Å². The first-order valence-electron chi connectivity index (χ1n) is 4.33. The van der Waals surface area contributed by atoms with Crippen LogP contribution in [0.3, 0.4) is 0 Å². The fourth-order valence-electron chi connectivity index (χ4n) is 1.67. The van der Waals surface area contributed by atoms with E-state index in [1.54, 1.807) is 6.20 Å². The number of fused-ring (bicyclic) bond motifs is 3. The van der Waals surface area contributed by atoms with Gasteiger partial charge in [0.1, 0.15) is 17.9 Å². The van der Waals surface area contributed by atoms with Crippen LogP contribution in [0.5, 0.6) is 0 Å². The number of hydrogen-bond donors (Lipinski definition) is 0. The van der Waals surface area contributed by atoms with Crippen LogP contribution >= 0.6 is 0 Å². The lowest BCUT2D eigenvalue weighted by Crippen LogP contribution is -2.16. The van der Waals surface area contributed by atoms with E-state index < -0.39 is 0 Å². The number of imidazole rings is 1. The van der Waals surface area contributed by atoms with Crippen LogP contribution in [0.2, 0.25) is 0 Å². The van der Waals surface area contributed by atoms with Crippen molar-refractivity contribution in [1.29, 1.82) is 0 Å². The molecule has 0 unspecified atom stereocenters. The van der Waals surface area contributed by atoms with E-state index in [4.69, 9.17) is 4.74 Å². The van der Waals surface area contributed by atoms with Crippen molar-refractivity contribution in [1.82, 2.24) is 14.5 Å². The van der Waals surface area contributed by atoms with E-state index in [0.717, 1.165) is 30.1 Å². The van der Waals surface area contributed by atoms with E-state index in [1.807, 2.05) is 12.1 Å². The van der Waals surface area contributed by atoms with Gasteiger partial charge in [0.15, 0.2) is 5.65 Å². The molecule has 0 saturated carbocycles. The van der Waals surface area contributed by atoms with Crippen LogP contribution in [0.15, 0.2) is 18.3 Å². The van der Waals surface area contributed by atoms with Gasteiger partial charge in [0.2, 0.25) is 0 Å². The molecule has 0 bridgehead atoms. The van der Waals surface area contributed by atoms with Crippen molar-refractivity contribution >= 4 is 11.2 Å². The van der Waals surface area contributed by atoms with Gasteiger partial charge in [-0.2, -0.15) is 0 Å². The zero-order valence-corrected chi connectivity index (χ0v) is 7.10. The fourth-order valence-corrected chi connectivity index (χ4v) is 1.67. The minimum Gasteiger partial charge on any atom is -0.372 e. The molecule has 0 aliphatic carbocycles. The molecule has 2 aromatic heterocycles. The van der Waals surface area contributed by atoms with Crippen molar-refractivity contribution in [3.63, 3.8) is 0 Å². The summed E-state index contributed by atoms with van der Waals surface area (Å²) in [5.74, 6) is 0.986. The lowest BCUT2D eigenvalue weighted by atomic mass is 10.4. The van der Waals surface area contributed by atoms with Crippen LogP contribution < -0.4 is 0 Å². The molecular weight excluding hydrogens is 166 g/mol. The Hall–Kier alpha value is -1.42. The van der Waals surface area contributed by atoms with Gasteiger partial charge >= 0.3 is 0 Å². The summed E-state index contributed by atoms with van der Waals surface area (Å²) in [4.78, 5) is 8.73. The second-order valence-corrected chi connectivity index (χ2v) is 3.08. The highest BCUT2D eigenvalue weighted by atomic mass is 16.5. The average molecular weight is 175 g/mol. The predicted octanol–water partition coefficient (Wildman–Crippen LogP) is 0.961. The highest BCUT2D eigenvalue weighted by molar-refractivity contribution is 5.71. The summed E-state index contributed by atoms with van der Waals surface area (Å²) < 4.78 is 7.44. The first-order chi connectivity index (χ1) is 6.45. The summed E-state index contributed by atoms with van der Waals surface area (Å²) in [5.41, 5.74) is 1.93. The molecular formula is C9H9N3O. The second-order valence-electron chi connectivity index (χ2n) is 3.08. The van der Waals surface area contributed by atoms with Gasteiger partial charge in [0.25, 0.3) is 0 Å². The van der Waals surface area contributed by atoms with E-state index in [0.29, 0.717) is 6.61 Å². The highest BCUT2D eigenvalue weighted by Crippen LogP contribution is 2.16. The third kappa shape index (κ3) is 0.954. The lowest BCUT2D eigenvalue weighted by Gasteiger charge is -2.13. The van der Waals surface area contributed by atoms with Gasteiger partial charge in [-0.3, -0.25) is 0 Å². The smallest absolute Gasteiger partial charge is 0.160 e. The lowest BCUT2D eigenvalue weighted by molar-refractivity contribution is 0.0828. The molecule has 3 heterocycles. The Bertz CT molecular complexity index is 449. The zero-order chi connectivity index (χ0) is 8.67. The number of nitrogens with zero attached hydrogens (tertiary/aromatic N) is 3. The maximum atomic E-state index is 5.31. The van der Waals surface area contributed by atoms with E-state index in [-0.39, 0.29) is 0 Å². The van der Waals surface area contributed by atoms with Gasteiger partial charge in [-0.15, -0.1) is 0 Å².